The Morgan fingerprint density at radius 1 is 0.842 bits per heavy atom. The summed E-state index contributed by atoms with van der Waals surface area (Å²) < 4.78 is 6.13. The van der Waals surface area contributed by atoms with Crippen molar-refractivity contribution >= 4 is 17.0 Å². The third-order valence-electron chi connectivity index (χ3n) is 4.46. The lowest BCUT2D eigenvalue weighted by Gasteiger charge is -2.39. The molecule has 0 radical (unpaired) electrons. The van der Waals surface area contributed by atoms with Crippen LogP contribution in [0, 0.1) is 0 Å². The fourth-order valence-corrected chi connectivity index (χ4v) is 3.58. The average molecular weight is 244 g/mol. The van der Waals surface area contributed by atoms with Crippen LogP contribution in [0.5, 0.6) is 0 Å². The molecule has 90 valence electrons. The summed E-state index contributed by atoms with van der Waals surface area (Å²) in [6, 6.07) is 17.0. The van der Waals surface area contributed by atoms with Crippen LogP contribution < -0.4 is 0 Å². The van der Waals surface area contributed by atoms with Crippen molar-refractivity contribution in [1.82, 2.24) is 0 Å². The van der Waals surface area contributed by atoms with Crippen LogP contribution >= 0.6 is 0 Å². The Morgan fingerprint density at radius 3 is 2.58 bits per heavy atom. The van der Waals surface area contributed by atoms with Gasteiger partial charge in [0.2, 0.25) is 0 Å². The van der Waals surface area contributed by atoms with Gasteiger partial charge in [-0.05, 0) is 17.2 Å². The average Bonchev–Trinajstić information content (AvgIpc) is 2.81. The van der Waals surface area contributed by atoms with Crippen molar-refractivity contribution in [1.29, 1.82) is 0 Å². The molecule has 19 heavy (non-hydrogen) atoms. The molecule has 1 aromatic heterocycles. The fraction of sp³-hybridized carbons (Fsp3) is 0.111. The van der Waals surface area contributed by atoms with Gasteiger partial charge < -0.3 is 4.42 Å². The Labute approximate surface area is 111 Å². The highest BCUT2D eigenvalue weighted by molar-refractivity contribution is 5.90. The molecule has 2 aromatic carbocycles. The molecule has 0 saturated carbocycles. The van der Waals surface area contributed by atoms with Crippen molar-refractivity contribution in [3.8, 4) is 0 Å². The minimum atomic E-state index is 0.420. The molecule has 1 heterocycles. The number of furan rings is 1. The molecular formula is C18H12O. The summed E-state index contributed by atoms with van der Waals surface area (Å²) in [7, 11) is 0. The highest BCUT2D eigenvalue weighted by Crippen LogP contribution is 2.55. The van der Waals surface area contributed by atoms with Gasteiger partial charge in [-0.2, -0.15) is 0 Å². The highest BCUT2D eigenvalue weighted by Gasteiger charge is 2.42. The number of benzene rings is 2. The number of rotatable bonds is 0. The van der Waals surface area contributed by atoms with E-state index < -0.39 is 0 Å². The van der Waals surface area contributed by atoms with E-state index in [-0.39, 0.29) is 0 Å². The molecular weight excluding hydrogens is 232 g/mol. The molecule has 5 rings (SSSR count). The predicted molar refractivity (Wildman–Crippen MR) is 76.3 cm³/mol. The van der Waals surface area contributed by atoms with Gasteiger partial charge in [-0.15, -0.1) is 0 Å². The normalized spacial score (nSPS) is 22.5. The second kappa shape index (κ2) is 3.18. The van der Waals surface area contributed by atoms with Gasteiger partial charge in [-0.25, -0.2) is 0 Å². The van der Waals surface area contributed by atoms with Crippen LogP contribution in [0.15, 0.2) is 59.0 Å². The molecule has 0 spiro atoms. The molecule has 0 bridgehead atoms. The van der Waals surface area contributed by atoms with Crippen LogP contribution in [-0.4, -0.2) is 0 Å². The Kier molecular flexibility index (Phi) is 1.61. The quantitative estimate of drug-likeness (QED) is 0.559. The van der Waals surface area contributed by atoms with Crippen molar-refractivity contribution < 1.29 is 4.42 Å². The first kappa shape index (κ1) is 9.62. The van der Waals surface area contributed by atoms with Crippen LogP contribution in [0.3, 0.4) is 0 Å². The summed E-state index contributed by atoms with van der Waals surface area (Å²) in [6.07, 6.45) is 4.57. The molecule has 1 heteroatoms. The highest BCUT2D eigenvalue weighted by atomic mass is 16.3. The monoisotopic (exact) mass is 244 g/mol. The molecule has 0 fully saturated rings. The largest absolute Gasteiger partial charge is 0.460 e. The van der Waals surface area contributed by atoms with Gasteiger partial charge in [0.05, 0.1) is 5.92 Å². The lowest BCUT2D eigenvalue weighted by atomic mass is 9.64. The third kappa shape index (κ3) is 1.06. The minimum Gasteiger partial charge on any atom is -0.460 e. The third-order valence-corrected chi connectivity index (χ3v) is 4.46. The lowest BCUT2D eigenvalue weighted by molar-refractivity contribution is 0.466. The van der Waals surface area contributed by atoms with E-state index >= 15 is 0 Å². The van der Waals surface area contributed by atoms with E-state index in [2.05, 4.69) is 54.6 Å². The molecule has 2 aliphatic carbocycles. The molecule has 1 nitrogen and oxygen atoms in total. The fourth-order valence-electron chi connectivity index (χ4n) is 3.58. The Balaban J connectivity index is 1.82. The minimum absolute atomic E-state index is 0.420. The van der Waals surface area contributed by atoms with Crippen molar-refractivity contribution in [2.24, 2.45) is 0 Å². The molecule has 2 aliphatic rings. The Hall–Kier alpha value is -2.28. The first-order chi connectivity index (χ1) is 9.43. The van der Waals surface area contributed by atoms with Crippen molar-refractivity contribution in [2.45, 2.75) is 11.8 Å². The number of allylic oxidation sites excluding steroid dienone is 1. The van der Waals surface area contributed by atoms with E-state index in [1.165, 1.54) is 22.1 Å². The van der Waals surface area contributed by atoms with Gasteiger partial charge in [-0.3, -0.25) is 0 Å². The molecule has 0 aliphatic heterocycles. The Bertz CT molecular complexity index is 838. The molecule has 0 N–H and O–H groups in total. The van der Waals surface area contributed by atoms with Gasteiger partial charge in [0.15, 0.2) is 0 Å². The SMILES string of the molecule is C1=C[C@@H]2c3ccccc3C2c2oc3ccccc3c21. The zero-order chi connectivity index (χ0) is 12.4. The molecule has 0 amide bonds. The van der Waals surface area contributed by atoms with Gasteiger partial charge in [0, 0.05) is 16.9 Å². The van der Waals surface area contributed by atoms with E-state index in [9.17, 15) is 0 Å². The summed E-state index contributed by atoms with van der Waals surface area (Å²) in [5, 5.41) is 1.23. The summed E-state index contributed by atoms with van der Waals surface area (Å²) in [5.74, 6) is 2.07. The second-order valence-electron chi connectivity index (χ2n) is 5.37. The predicted octanol–water partition coefficient (Wildman–Crippen LogP) is 4.69. The zero-order valence-corrected chi connectivity index (χ0v) is 10.3. The van der Waals surface area contributed by atoms with Crippen molar-refractivity contribution in [3.05, 3.63) is 77.1 Å². The zero-order valence-electron chi connectivity index (χ0n) is 10.3. The van der Waals surface area contributed by atoms with Crippen LogP contribution in [0.4, 0.5) is 0 Å². The maximum Gasteiger partial charge on any atom is 0.134 e. The number of hydrogen-bond acceptors (Lipinski definition) is 1. The van der Waals surface area contributed by atoms with E-state index in [0.29, 0.717) is 11.8 Å². The molecule has 0 saturated heterocycles. The van der Waals surface area contributed by atoms with Gasteiger partial charge >= 0.3 is 0 Å². The second-order valence-corrected chi connectivity index (χ2v) is 5.37. The van der Waals surface area contributed by atoms with E-state index in [1.54, 1.807) is 0 Å². The van der Waals surface area contributed by atoms with Crippen LogP contribution in [-0.2, 0) is 0 Å². The van der Waals surface area contributed by atoms with Crippen LogP contribution in [0.1, 0.15) is 34.3 Å². The maximum absolute atomic E-state index is 6.13. The van der Waals surface area contributed by atoms with Gasteiger partial charge in [0.25, 0.3) is 0 Å². The first-order valence-electron chi connectivity index (χ1n) is 6.72. The summed E-state index contributed by atoms with van der Waals surface area (Å²) in [5.41, 5.74) is 5.15. The summed E-state index contributed by atoms with van der Waals surface area (Å²) in [4.78, 5) is 0. The van der Waals surface area contributed by atoms with Crippen molar-refractivity contribution in [2.75, 3.05) is 0 Å². The lowest BCUT2D eigenvalue weighted by Crippen LogP contribution is -2.25. The summed E-state index contributed by atoms with van der Waals surface area (Å²) >= 11 is 0. The molecule has 1 unspecified atom stereocenters. The topological polar surface area (TPSA) is 13.1 Å². The van der Waals surface area contributed by atoms with E-state index in [0.717, 1.165) is 11.3 Å². The smallest absolute Gasteiger partial charge is 0.134 e. The number of para-hydroxylation sites is 1. The van der Waals surface area contributed by atoms with Crippen LogP contribution in [0.25, 0.3) is 17.0 Å². The van der Waals surface area contributed by atoms with E-state index in [4.69, 9.17) is 4.42 Å². The van der Waals surface area contributed by atoms with Crippen LogP contribution in [0.2, 0.25) is 0 Å². The van der Waals surface area contributed by atoms with Gasteiger partial charge in [-0.1, -0.05) is 54.6 Å². The number of fused-ring (bicyclic) bond motifs is 8. The van der Waals surface area contributed by atoms with Gasteiger partial charge in [0.1, 0.15) is 11.3 Å². The molecule has 3 aromatic rings. The maximum atomic E-state index is 6.13. The summed E-state index contributed by atoms with van der Waals surface area (Å²) in [6.45, 7) is 0. The Morgan fingerprint density at radius 2 is 1.63 bits per heavy atom. The number of hydrogen-bond donors (Lipinski definition) is 0. The molecule has 2 atom stereocenters. The van der Waals surface area contributed by atoms with E-state index in [1.807, 2.05) is 6.07 Å². The standard InChI is InChI=1S/C18H12O/c1-2-7-13-11(5-1)14-9-10-15-12-6-3-4-8-16(12)19-18(15)17(13)14/h1-10,14,17H/t14-,17?/m1/s1. The van der Waals surface area contributed by atoms with Crippen molar-refractivity contribution in [3.63, 3.8) is 0 Å². The first-order valence-corrected chi connectivity index (χ1v) is 6.72.